The molecule has 1 aliphatic heterocycles. The molecule has 1 N–H and O–H groups in total. The summed E-state index contributed by atoms with van der Waals surface area (Å²) < 4.78 is 0. The average Bonchev–Trinajstić information content (AvgIpc) is 3.32. The third kappa shape index (κ3) is 4.29. The lowest BCUT2D eigenvalue weighted by Crippen LogP contribution is -2.48. The largest absolute Gasteiger partial charge is 0.348 e. The van der Waals surface area contributed by atoms with Crippen molar-refractivity contribution in [3.63, 3.8) is 0 Å². The highest BCUT2D eigenvalue weighted by molar-refractivity contribution is 5.95. The summed E-state index contributed by atoms with van der Waals surface area (Å²) in [5.41, 5.74) is 1.17. The zero-order chi connectivity index (χ0) is 19.4. The maximum atomic E-state index is 13.1. The van der Waals surface area contributed by atoms with E-state index >= 15 is 0 Å². The molecule has 0 spiro atoms. The summed E-state index contributed by atoms with van der Waals surface area (Å²) in [7, 11) is 0. The molecule has 1 saturated heterocycles. The summed E-state index contributed by atoms with van der Waals surface area (Å²) in [5, 5.41) is 3.12. The SMILES string of the molecule is CCN(CC)C(=O)[C@@H]1C[C@H](NC(=O)c2cncnc2C)CN1C1CCCC1. The predicted octanol–water partition coefficient (Wildman–Crippen LogP) is 1.77. The Labute approximate surface area is 161 Å². The fraction of sp³-hybridized carbons (Fsp3) is 0.700. The molecule has 0 aromatic carbocycles. The molecule has 0 bridgehead atoms. The minimum atomic E-state index is -0.152. The Morgan fingerprint density at radius 3 is 2.59 bits per heavy atom. The van der Waals surface area contributed by atoms with Crippen LogP contribution in [0.4, 0.5) is 0 Å². The fourth-order valence-corrected chi connectivity index (χ4v) is 4.47. The van der Waals surface area contributed by atoms with Gasteiger partial charge in [-0.15, -0.1) is 0 Å². The highest BCUT2D eigenvalue weighted by atomic mass is 16.2. The zero-order valence-electron chi connectivity index (χ0n) is 16.6. The number of nitrogens with zero attached hydrogens (tertiary/aromatic N) is 4. The van der Waals surface area contributed by atoms with Crippen LogP contribution in [-0.4, -0.2) is 69.3 Å². The molecule has 0 unspecified atom stereocenters. The third-order valence-electron chi connectivity index (χ3n) is 5.98. The number of amides is 2. The number of likely N-dealkylation sites (N-methyl/N-ethyl adjacent to an activating group) is 1. The van der Waals surface area contributed by atoms with E-state index in [2.05, 4.69) is 20.2 Å². The molecule has 7 heteroatoms. The van der Waals surface area contributed by atoms with Gasteiger partial charge in [0.1, 0.15) is 6.33 Å². The van der Waals surface area contributed by atoms with E-state index in [9.17, 15) is 9.59 Å². The van der Waals surface area contributed by atoms with E-state index in [1.165, 1.54) is 19.2 Å². The Morgan fingerprint density at radius 2 is 1.96 bits per heavy atom. The van der Waals surface area contributed by atoms with Gasteiger partial charge < -0.3 is 10.2 Å². The monoisotopic (exact) mass is 373 g/mol. The van der Waals surface area contributed by atoms with Crippen molar-refractivity contribution in [1.29, 1.82) is 0 Å². The lowest BCUT2D eigenvalue weighted by molar-refractivity contribution is -0.136. The standard InChI is InChI=1S/C20H31N5O2/c1-4-24(5-2)20(27)18-10-15(12-25(18)16-8-6-7-9-16)23-19(26)17-11-21-13-22-14(17)3/h11,13,15-16,18H,4-10,12H2,1-3H3,(H,23,26)/t15-,18-/m0/s1. The van der Waals surface area contributed by atoms with Crippen LogP contribution in [-0.2, 0) is 4.79 Å². The summed E-state index contributed by atoms with van der Waals surface area (Å²) in [6, 6.07) is 0.298. The van der Waals surface area contributed by atoms with Crippen molar-refractivity contribution in [2.24, 2.45) is 0 Å². The maximum absolute atomic E-state index is 13.1. The van der Waals surface area contributed by atoms with Gasteiger partial charge in [0.2, 0.25) is 5.91 Å². The van der Waals surface area contributed by atoms with Gasteiger partial charge in [0, 0.05) is 37.9 Å². The molecule has 7 nitrogen and oxygen atoms in total. The van der Waals surface area contributed by atoms with Crippen molar-refractivity contribution in [3.8, 4) is 0 Å². The molecule has 2 fully saturated rings. The maximum Gasteiger partial charge on any atom is 0.254 e. The van der Waals surface area contributed by atoms with E-state index in [1.807, 2.05) is 25.7 Å². The van der Waals surface area contributed by atoms with Gasteiger partial charge in [-0.2, -0.15) is 0 Å². The van der Waals surface area contributed by atoms with Crippen LogP contribution in [0, 0.1) is 6.92 Å². The van der Waals surface area contributed by atoms with Crippen LogP contribution >= 0.6 is 0 Å². The van der Waals surface area contributed by atoms with Gasteiger partial charge in [0.25, 0.3) is 5.91 Å². The topological polar surface area (TPSA) is 78.4 Å². The average molecular weight is 374 g/mol. The molecule has 1 aromatic rings. The zero-order valence-corrected chi connectivity index (χ0v) is 16.6. The molecule has 1 aliphatic carbocycles. The lowest BCUT2D eigenvalue weighted by atomic mass is 10.1. The molecule has 2 atom stereocenters. The van der Waals surface area contributed by atoms with Crippen molar-refractivity contribution >= 4 is 11.8 Å². The number of aromatic nitrogens is 2. The summed E-state index contributed by atoms with van der Waals surface area (Å²) in [6.07, 6.45) is 8.42. The Bertz CT molecular complexity index is 670. The first-order valence-corrected chi connectivity index (χ1v) is 10.2. The Morgan fingerprint density at radius 1 is 1.26 bits per heavy atom. The van der Waals surface area contributed by atoms with Gasteiger partial charge >= 0.3 is 0 Å². The second-order valence-electron chi connectivity index (χ2n) is 7.59. The number of hydrogen-bond donors (Lipinski definition) is 1. The van der Waals surface area contributed by atoms with Crippen molar-refractivity contribution in [2.75, 3.05) is 19.6 Å². The van der Waals surface area contributed by atoms with Crippen LogP contribution in [0.2, 0.25) is 0 Å². The number of hydrogen-bond acceptors (Lipinski definition) is 5. The summed E-state index contributed by atoms with van der Waals surface area (Å²) in [4.78, 5) is 38.1. The van der Waals surface area contributed by atoms with Gasteiger partial charge in [-0.25, -0.2) is 9.97 Å². The lowest BCUT2D eigenvalue weighted by Gasteiger charge is -2.32. The van der Waals surface area contributed by atoms with Gasteiger partial charge in [0.05, 0.1) is 17.3 Å². The van der Waals surface area contributed by atoms with E-state index in [0.717, 1.165) is 32.5 Å². The van der Waals surface area contributed by atoms with Crippen molar-refractivity contribution in [3.05, 3.63) is 23.8 Å². The molecule has 27 heavy (non-hydrogen) atoms. The van der Waals surface area contributed by atoms with Crippen LogP contribution in [0.25, 0.3) is 0 Å². The van der Waals surface area contributed by atoms with Gasteiger partial charge in [-0.05, 0) is 40.0 Å². The summed E-state index contributed by atoms with van der Waals surface area (Å²) >= 11 is 0. The van der Waals surface area contributed by atoms with Gasteiger partial charge in [0.15, 0.2) is 0 Å². The van der Waals surface area contributed by atoms with Crippen LogP contribution in [0.3, 0.4) is 0 Å². The second-order valence-corrected chi connectivity index (χ2v) is 7.59. The molecule has 148 valence electrons. The molecular weight excluding hydrogens is 342 g/mol. The minimum absolute atomic E-state index is 0.0257. The van der Waals surface area contributed by atoms with Gasteiger partial charge in [-0.1, -0.05) is 12.8 Å². The molecule has 2 aliphatic rings. The highest BCUT2D eigenvalue weighted by Crippen LogP contribution is 2.31. The minimum Gasteiger partial charge on any atom is -0.348 e. The molecule has 1 saturated carbocycles. The highest BCUT2D eigenvalue weighted by Gasteiger charge is 2.42. The van der Waals surface area contributed by atoms with E-state index in [-0.39, 0.29) is 23.9 Å². The van der Waals surface area contributed by atoms with Crippen LogP contribution in [0.5, 0.6) is 0 Å². The van der Waals surface area contributed by atoms with Crippen molar-refractivity contribution in [1.82, 2.24) is 25.1 Å². The van der Waals surface area contributed by atoms with Crippen LogP contribution < -0.4 is 5.32 Å². The van der Waals surface area contributed by atoms with Crippen molar-refractivity contribution in [2.45, 2.75) is 71.0 Å². The number of rotatable bonds is 6. The molecule has 0 radical (unpaired) electrons. The molecule has 1 aromatic heterocycles. The molecular formula is C20H31N5O2. The number of carbonyl (C=O) groups is 2. The quantitative estimate of drug-likeness (QED) is 0.822. The third-order valence-corrected chi connectivity index (χ3v) is 5.98. The normalized spacial score (nSPS) is 23.5. The predicted molar refractivity (Wildman–Crippen MR) is 103 cm³/mol. The van der Waals surface area contributed by atoms with Gasteiger partial charge in [-0.3, -0.25) is 14.5 Å². The number of aryl methyl sites for hydroxylation is 1. The fourth-order valence-electron chi connectivity index (χ4n) is 4.47. The Kier molecular flexibility index (Phi) is 6.42. The summed E-state index contributed by atoms with van der Waals surface area (Å²) in [5.74, 6) is 0.0447. The van der Waals surface area contributed by atoms with E-state index < -0.39 is 0 Å². The van der Waals surface area contributed by atoms with Crippen LogP contribution in [0.1, 0.15) is 62.0 Å². The summed E-state index contributed by atoms with van der Waals surface area (Å²) in [6.45, 7) is 8.04. The first kappa shape index (κ1) is 19.7. The van der Waals surface area contributed by atoms with E-state index in [1.54, 1.807) is 6.20 Å². The smallest absolute Gasteiger partial charge is 0.254 e. The number of nitrogens with one attached hydrogen (secondary N) is 1. The Balaban J connectivity index is 1.73. The number of likely N-dealkylation sites (tertiary alicyclic amines) is 1. The van der Waals surface area contributed by atoms with Crippen molar-refractivity contribution < 1.29 is 9.59 Å². The first-order valence-electron chi connectivity index (χ1n) is 10.2. The molecule has 2 amide bonds. The molecule has 3 rings (SSSR count). The van der Waals surface area contributed by atoms with Crippen LogP contribution in [0.15, 0.2) is 12.5 Å². The first-order chi connectivity index (χ1) is 13.0. The molecule has 2 heterocycles. The number of carbonyl (C=O) groups excluding carboxylic acids is 2. The van der Waals surface area contributed by atoms with E-state index in [0.29, 0.717) is 23.7 Å². The van der Waals surface area contributed by atoms with E-state index in [4.69, 9.17) is 0 Å². The second kappa shape index (κ2) is 8.78. The Hall–Kier alpha value is -2.02.